The Labute approximate surface area is 272 Å². The van der Waals surface area contributed by atoms with E-state index < -0.39 is 32.0 Å². The summed E-state index contributed by atoms with van der Waals surface area (Å²) in [6.07, 6.45) is 1.98. The van der Waals surface area contributed by atoms with E-state index in [9.17, 15) is 31.2 Å². The van der Waals surface area contributed by atoms with E-state index in [1.54, 1.807) is 29.1 Å². The number of aliphatic hydroxyl groups is 1. The van der Waals surface area contributed by atoms with Crippen molar-refractivity contribution in [2.45, 2.75) is 23.6 Å². The molecule has 4 rings (SSSR count). The molecule has 0 atom stereocenters. The predicted molar refractivity (Wildman–Crippen MR) is 175 cm³/mol. The van der Waals surface area contributed by atoms with E-state index in [0.29, 0.717) is 17.4 Å². The average molecular weight is 687 g/mol. The van der Waals surface area contributed by atoms with Crippen LogP contribution < -0.4 is 15.5 Å². The molecule has 0 spiro atoms. The summed E-state index contributed by atoms with van der Waals surface area (Å²) in [6.45, 7) is 3.75. The van der Waals surface area contributed by atoms with Crippen molar-refractivity contribution in [3.8, 4) is 0 Å². The maximum atomic E-state index is 12.0. The number of aromatic carboxylic acids is 2. The van der Waals surface area contributed by atoms with E-state index in [4.69, 9.17) is 21.2 Å². The molecule has 0 saturated carbocycles. The lowest BCUT2D eigenvalue weighted by Gasteiger charge is -2.03. The largest absolute Gasteiger partial charge is 0.478 e. The molecule has 0 fully saturated rings. The first-order valence-corrected chi connectivity index (χ1v) is 16.1. The summed E-state index contributed by atoms with van der Waals surface area (Å²) in [5, 5.41) is 27.9. The summed E-state index contributed by atoms with van der Waals surface area (Å²) in [4.78, 5) is 35.3. The molecule has 0 radical (unpaired) electrons. The Hall–Kier alpha value is -5.26. The standard InChI is InChI=1S/C15H14N2O4S.C8H6O3.C7H10N2O2S.CH4O/c1-11-2-8-14(9-3-11)22(20,21)17-16-10-12-4-6-13(7-5-12)15(18)19;9-5-6-1-3-7(4-2-6)8(10)11;1-6-2-4-7(5-3-6)12(10,11)9-8;1-2/h2-10,17H,1H3,(H,18,19);1-5H,(H,10,11);2-5,9H,8H2,1H3;2H,1H3. The quantitative estimate of drug-likeness (QED) is 0.0647. The third kappa shape index (κ3) is 13.7. The molecule has 7 N–H and O–H groups in total. The summed E-state index contributed by atoms with van der Waals surface area (Å²) in [6, 6.07) is 24.4. The molecule has 0 aliphatic rings. The average Bonchev–Trinajstić information content (AvgIpc) is 3.07. The number of nitrogens with two attached hydrogens (primary N) is 1. The highest BCUT2D eigenvalue weighted by atomic mass is 32.2. The first-order chi connectivity index (χ1) is 22.2. The van der Waals surface area contributed by atoms with Crippen molar-refractivity contribution in [1.29, 1.82) is 0 Å². The summed E-state index contributed by atoms with van der Waals surface area (Å²) in [7, 11) is -6.20. The molecule has 0 aliphatic heterocycles. The van der Waals surface area contributed by atoms with Gasteiger partial charge < -0.3 is 15.3 Å². The van der Waals surface area contributed by atoms with Crippen LogP contribution in [0.1, 0.15) is 47.8 Å². The van der Waals surface area contributed by atoms with Crippen LogP contribution in [0.4, 0.5) is 0 Å². The lowest BCUT2D eigenvalue weighted by molar-refractivity contribution is 0.0686. The second-order valence-corrected chi connectivity index (χ2v) is 12.4. The Balaban J connectivity index is 0.000000374. The van der Waals surface area contributed by atoms with Gasteiger partial charge in [0.2, 0.25) is 0 Å². The van der Waals surface area contributed by atoms with Crippen molar-refractivity contribution in [2.75, 3.05) is 7.11 Å². The number of rotatable bonds is 9. The summed E-state index contributed by atoms with van der Waals surface area (Å²) >= 11 is 0. The van der Waals surface area contributed by atoms with Gasteiger partial charge in [-0.05, 0) is 67.9 Å². The fourth-order valence-corrected chi connectivity index (χ4v) is 4.56. The van der Waals surface area contributed by atoms with Crippen LogP contribution in [0.15, 0.2) is 112 Å². The number of aldehydes is 1. The Bertz CT molecular complexity index is 1840. The van der Waals surface area contributed by atoms with Gasteiger partial charge in [0, 0.05) is 12.7 Å². The van der Waals surface area contributed by atoms with Gasteiger partial charge in [0.25, 0.3) is 20.0 Å². The van der Waals surface area contributed by atoms with Crippen molar-refractivity contribution in [3.63, 3.8) is 0 Å². The molecule has 0 amide bonds. The molecule has 250 valence electrons. The van der Waals surface area contributed by atoms with Gasteiger partial charge in [-0.2, -0.15) is 18.4 Å². The third-order valence-corrected chi connectivity index (χ3v) is 8.10. The maximum Gasteiger partial charge on any atom is 0.335 e. The zero-order chi connectivity index (χ0) is 35.6. The third-order valence-electron chi connectivity index (χ3n) is 5.66. The van der Waals surface area contributed by atoms with Gasteiger partial charge in [0.1, 0.15) is 6.29 Å². The van der Waals surface area contributed by atoms with Crippen molar-refractivity contribution < 1.29 is 46.5 Å². The van der Waals surface area contributed by atoms with E-state index in [1.165, 1.54) is 79.0 Å². The molecule has 14 nitrogen and oxygen atoms in total. The second kappa shape index (κ2) is 19.3. The SMILES string of the molecule is CO.Cc1ccc(S(=O)(=O)NN)cc1.Cc1ccc(S(=O)(=O)NN=Cc2ccc(C(=O)O)cc2)cc1.O=Cc1ccc(C(=O)O)cc1. The number of nitrogens with one attached hydrogen (secondary N) is 2. The van der Waals surface area contributed by atoms with Crippen LogP contribution in [0, 0.1) is 13.8 Å². The number of carboxylic acid groups (broad SMARTS) is 2. The number of nitrogens with zero attached hydrogens (tertiary/aromatic N) is 1. The number of hydrazine groups is 1. The van der Waals surface area contributed by atoms with E-state index >= 15 is 0 Å². The number of hydrogen-bond donors (Lipinski definition) is 6. The zero-order valence-corrected chi connectivity index (χ0v) is 27.1. The van der Waals surface area contributed by atoms with Crippen molar-refractivity contribution >= 4 is 44.5 Å². The predicted octanol–water partition coefficient (Wildman–Crippen LogP) is 2.96. The number of carbonyl (C=O) groups is 3. The first-order valence-electron chi connectivity index (χ1n) is 13.2. The van der Waals surface area contributed by atoms with Crippen molar-refractivity contribution in [2.24, 2.45) is 10.9 Å². The fraction of sp³-hybridized carbons (Fsp3) is 0.0968. The topological polar surface area (TPSA) is 243 Å². The van der Waals surface area contributed by atoms with Gasteiger partial charge in [-0.1, -0.05) is 59.7 Å². The Kier molecular flexibility index (Phi) is 16.3. The number of aliphatic hydroxyl groups excluding tert-OH is 1. The summed E-state index contributed by atoms with van der Waals surface area (Å²) < 4.78 is 46.1. The minimum Gasteiger partial charge on any atom is -0.478 e. The molecular formula is C31H34N4O10S2. The monoisotopic (exact) mass is 686 g/mol. The van der Waals surface area contributed by atoms with Crippen LogP contribution in [0.25, 0.3) is 0 Å². The number of carbonyl (C=O) groups excluding carboxylic acids is 1. The highest BCUT2D eigenvalue weighted by Crippen LogP contribution is 2.10. The van der Waals surface area contributed by atoms with Gasteiger partial charge in [-0.3, -0.25) is 10.6 Å². The van der Waals surface area contributed by atoms with Crippen LogP contribution >= 0.6 is 0 Å². The Morgan fingerprint density at radius 2 is 1.00 bits per heavy atom. The molecule has 0 saturated heterocycles. The van der Waals surface area contributed by atoms with E-state index in [2.05, 4.69) is 9.93 Å². The smallest absolute Gasteiger partial charge is 0.335 e. The molecule has 16 heteroatoms. The lowest BCUT2D eigenvalue weighted by atomic mass is 10.1. The van der Waals surface area contributed by atoms with Crippen LogP contribution in [-0.4, -0.2) is 63.7 Å². The molecule has 0 bridgehead atoms. The van der Waals surface area contributed by atoms with Crippen molar-refractivity contribution in [1.82, 2.24) is 9.66 Å². The highest BCUT2D eigenvalue weighted by molar-refractivity contribution is 7.89. The minimum atomic E-state index is -3.71. The maximum absolute atomic E-state index is 12.0. The molecular weight excluding hydrogens is 652 g/mol. The number of sulfonamides is 2. The molecule has 0 heterocycles. The molecule has 4 aromatic carbocycles. The van der Waals surface area contributed by atoms with Crippen LogP contribution in [0.5, 0.6) is 0 Å². The highest BCUT2D eigenvalue weighted by Gasteiger charge is 2.12. The summed E-state index contributed by atoms with van der Waals surface area (Å²) in [5.74, 6) is 2.83. The molecule has 0 aliphatic carbocycles. The first kappa shape index (κ1) is 39.8. The zero-order valence-electron chi connectivity index (χ0n) is 25.4. The van der Waals surface area contributed by atoms with Gasteiger partial charge >= 0.3 is 11.9 Å². The molecule has 47 heavy (non-hydrogen) atoms. The van der Waals surface area contributed by atoms with Crippen LogP contribution in [0.3, 0.4) is 0 Å². The van der Waals surface area contributed by atoms with Gasteiger partial charge in [0.15, 0.2) is 0 Å². The molecule has 0 aromatic heterocycles. The van der Waals surface area contributed by atoms with Gasteiger partial charge in [-0.15, -0.1) is 0 Å². The number of hydrazone groups is 1. The summed E-state index contributed by atoms with van der Waals surface area (Å²) in [5.41, 5.74) is 3.37. The van der Waals surface area contributed by atoms with Crippen LogP contribution in [-0.2, 0) is 20.0 Å². The molecule has 0 unspecified atom stereocenters. The molecule has 4 aromatic rings. The number of benzene rings is 4. The van der Waals surface area contributed by atoms with Gasteiger partial charge in [-0.25, -0.2) is 22.8 Å². The Morgan fingerprint density at radius 3 is 1.34 bits per heavy atom. The fourth-order valence-electron chi connectivity index (χ4n) is 3.14. The normalized spacial score (nSPS) is 10.6. The van der Waals surface area contributed by atoms with Crippen LogP contribution in [0.2, 0.25) is 0 Å². The Morgan fingerprint density at radius 1 is 0.638 bits per heavy atom. The van der Waals surface area contributed by atoms with E-state index in [1.807, 2.05) is 13.8 Å². The minimum absolute atomic E-state index is 0.122. The number of hydrogen-bond acceptors (Lipinski definition) is 10. The second-order valence-electron chi connectivity index (χ2n) is 9.07. The van der Waals surface area contributed by atoms with Gasteiger partial charge in [0.05, 0.1) is 27.1 Å². The number of aryl methyl sites for hydroxylation is 2. The lowest BCUT2D eigenvalue weighted by Crippen LogP contribution is -2.30. The van der Waals surface area contributed by atoms with E-state index in [-0.39, 0.29) is 20.9 Å². The number of carboxylic acids is 2. The van der Waals surface area contributed by atoms with Crippen molar-refractivity contribution in [3.05, 3.63) is 130 Å². The van der Waals surface area contributed by atoms with E-state index in [0.717, 1.165) is 18.2 Å².